The molecule has 3 aromatic rings. The van der Waals surface area contributed by atoms with Gasteiger partial charge in [-0.05, 0) is 67.6 Å². The Hall–Kier alpha value is -3.63. The van der Waals surface area contributed by atoms with Crippen LogP contribution < -0.4 is 14.8 Å². The van der Waals surface area contributed by atoms with E-state index in [1.54, 1.807) is 18.2 Å². The molecule has 11 heteroatoms. The van der Waals surface area contributed by atoms with Crippen molar-refractivity contribution in [3.05, 3.63) is 77.4 Å². The fourth-order valence-electron chi connectivity index (χ4n) is 2.61. The van der Waals surface area contributed by atoms with Gasteiger partial charge in [0.25, 0.3) is 15.9 Å². The summed E-state index contributed by atoms with van der Waals surface area (Å²) >= 11 is 5.73. The summed E-state index contributed by atoms with van der Waals surface area (Å²) < 4.78 is 37.8. The van der Waals surface area contributed by atoms with Gasteiger partial charge in [0.1, 0.15) is 11.6 Å². The van der Waals surface area contributed by atoms with Crippen molar-refractivity contribution < 1.29 is 27.5 Å². The summed E-state index contributed by atoms with van der Waals surface area (Å²) in [6.07, 6.45) is 1.37. The van der Waals surface area contributed by atoms with Gasteiger partial charge in [-0.25, -0.2) is 18.2 Å². The lowest BCUT2D eigenvalue weighted by atomic mass is 10.2. The number of halogens is 1. The second-order valence-corrected chi connectivity index (χ2v) is 8.69. The van der Waals surface area contributed by atoms with E-state index in [4.69, 9.17) is 21.1 Å². The van der Waals surface area contributed by atoms with Crippen molar-refractivity contribution >= 4 is 45.0 Å². The van der Waals surface area contributed by atoms with Gasteiger partial charge in [-0.2, -0.15) is 0 Å². The number of nitrogens with zero attached hydrogens (tertiary/aromatic N) is 1. The predicted molar refractivity (Wildman–Crippen MR) is 123 cm³/mol. The molecule has 0 spiro atoms. The van der Waals surface area contributed by atoms with Crippen molar-refractivity contribution in [3.8, 4) is 5.75 Å². The molecule has 0 bridgehead atoms. The SMILES string of the molecule is CCOc1ccc(S(=O)(=O)Nc2ccc(C(=O)OCC(=O)Nc3ccc(Cl)cn3)cc2)cc1. The fraction of sp³-hybridized carbons (Fsp3) is 0.136. The molecular weight excluding hydrogens is 470 g/mol. The average Bonchev–Trinajstić information content (AvgIpc) is 2.80. The van der Waals surface area contributed by atoms with Crippen molar-refractivity contribution in [1.29, 1.82) is 0 Å². The van der Waals surface area contributed by atoms with Crippen LogP contribution in [0.2, 0.25) is 5.02 Å². The average molecular weight is 490 g/mol. The number of carbonyl (C=O) groups excluding carboxylic acids is 2. The molecule has 3 rings (SSSR count). The minimum Gasteiger partial charge on any atom is -0.494 e. The van der Waals surface area contributed by atoms with Gasteiger partial charge in [0.15, 0.2) is 6.61 Å². The number of hydrogen-bond donors (Lipinski definition) is 2. The number of ether oxygens (including phenoxy) is 2. The van der Waals surface area contributed by atoms with E-state index in [-0.39, 0.29) is 22.0 Å². The number of anilines is 2. The lowest BCUT2D eigenvalue weighted by molar-refractivity contribution is -0.119. The lowest BCUT2D eigenvalue weighted by Gasteiger charge is -2.10. The second kappa shape index (κ2) is 10.8. The summed E-state index contributed by atoms with van der Waals surface area (Å²) in [6, 6.07) is 14.7. The van der Waals surface area contributed by atoms with E-state index >= 15 is 0 Å². The van der Waals surface area contributed by atoms with E-state index in [0.717, 1.165) is 0 Å². The standard InChI is InChI=1S/C22H20ClN3O6S/c1-2-31-18-8-10-19(11-9-18)33(29,30)26-17-6-3-15(4-7-17)22(28)32-14-21(27)25-20-12-5-16(23)13-24-20/h3-13,26H,2,14H2,1H3,(H,24,25,27). The van der Waals surface area contributed by atoms with Gasteiger partial charge in [-0.1, -0.05) is 11.6 Å². The Balaban J connectivity index is 1.54. The highest BCUT2D eigenvalue weighted by atomic mass is 35.5. The Labute approximate surface area is 195 Å². The Morgan fingerprint density at radius 1 is 1.00 bits per heavy atom. The molecule has 0 atom stereocenters. The maximum absolute atomic E-state index is 12.5. The van der Waals surface area contributed by atoms with Crippen molar-refractivity contribution in [2.24, 2.45) is 0 Å². The molecule has 2 aromatic carbocycles. The first-order valence-electron chi connectivity index (χ1n) is 9.71. The van der Waals surface area contributed by atoms with Crippen molar-refractivity contribution in [2.75, 3.05) is 23.3 Å². The number of pyridine rings is 1. The molecule has 33 heavy (non-hydrogen) atoms. The second-order valence-electron chi connectivity index (χ2n) is 6.57. The molecule has 1 heterocycles. The summed E-state index contributed by atoms with van der Waals surface area (Å²) in [5.74, 6) is -0.477. The van der Waals surface area contributed by atoms with Crippen molar-refractivity contribution in [1.82, 2.24) is 4.98 Å². The van der Waals surface area contributed by atoms with Gasteiger partial charge in [-0.15, -0.1) is 0 Å². The molecule has 172 valence electrons. The van der Waals surface area contributed by atoms with E-state index in [0.29, 0.717) is 17.4 Å². The summed E-state index contributed by atoms with van der Waals surface area (Å²) in [4.78, 5) is 28.0. The highest BCUT2D eigenvalue weighted by molar-refractivity contribution is 7.92. The molecule has 0 saturated heterocycles. The molecule has 0 fully saturated rings. The minimum atomic E-state index is -3.82. The summed E-state index contributed by atoms with van der Waals surface area (Å²) in [7, 11) is -3.82. The third-order valence-corrected chi connectivity index (χ3v) is 5.77. The van der Waals surface area contributed by atoms with Crippen molar-refractivity contribution in [2.45, 2.75) is 11.8 Å². The molecule has 0 aliphatic rings. The summed E-state index contributed by atoms with van der Waals surface area (Å²) in [6.45, 7) is 1.79. The maximum Gasteiger partial charge on any atom is 0.338 e. The summed E-state index contributed by atoms with van der Waals surface area (Å²) in [5, 5.41) is 2.89. The van der Waals surface area contributed by atoms with E-state index in [2.05, 4.69) is 15.0 Å². The van der Waals surface area contributed by atoms with Crippen LogP contribution in [0, 0.1) is 0 Å². The Morgan fingerprint density at radius 2 is 1.70 bits per heavy atom. The Bertz CT molecular complexity index is 1210. The molecule has 0 aliphatic heterocycles. The van der Waals surface area contributed by atoms with Crippen LogP contribution in [0.3, 0.4) is 0 Å². The van der Waals surface area contributed by atoms with Crippen LogP contribution in [0.1, 0.15) is 17.3 Å². The van der Waals surface area contributed by atoms with Gasteiger partial charge >= 0.3 is 5.97 Å². The quantitative estimate of drug-likeness (QED) is 0.439. The third kappa shape index (κ3) is 6.93. The first-order chi connectivity index (χ1) is 15.8. The van der Waals surface area contributed by atoms with Gasteiger partial charge in [0.05, 0.1) is 22.1 Å². The van der Waals surface area contributed by atoms with Crippen LogP contribution >= 0.6 is 11.6 Å². The molecular formula is C22H20ClN3O6S. The van der Waals surface area contributed by atoms with Crippen LogP contribution in [0.25, 0.3) is 0 Å². The minimum absolute atomic E-state index is 0.0654. The van der Waals surface area contributed by atoms with Crippen LogP contribution in [0.15, 0.2) is 71.8 Å². The normalized spacial score (nSPS) is 10.8. The zero-order valence-electron chi connectivity index (χ0n) is 17.4. The maximum atomic E-state index is 12.5. The van der Waals surface area contributed by atoms with Gasteiger partial charge in [0, 0.05) is 11.9 Å². The van der Waals surface area contributed by atoms with E-state index < -0.39 is 28.5 Å². The van der Waals surface area contributed by atoms with Crippen LogP contribution in [-0.4, -0.2) is 38.5 Å². The molecule has 0 saturated carbocycles. The Kier molecular flexibility index (Phi) is 7.86. The topological polar surface area (TPSA) is 124 Å². The molecule has 0 radical (unpaired) electrons. The van der Waals surface area contributed by atoms with Gasteiger partial charge < -0.3 is 14.8 Å². The highest BCUT2D eigenvalue weighted by Gasteiger charge is 2.15. The number of sulfonamides is 1. The number of esters is 1. The number of nitrogens with one attached hydrogen (secondary N) is 2. The zero-order chi connectivity index (χ0) is 23.8. The monoisotopic (exact) mass is 489 g/mol. The number of benzene rings is 2. The Morgan fingerprint density at radius 3 is 2.30 bits per heavy atom. The van der Waals surface area contributed by atoms with E-state index in [9.17, 15) is 18.0 Å². The molecule has 1 aromatic heterocycles. The van der Waals surface area contributed by atoms with Crippen LogP contribution in [0.4, 0.5) is 11.5 Å². The van der Waals surface area contributed by atoms with Gasteiger partial charge in [0.2, 0.25) is 0 Å². The predicted octanol–water partition coefficient (Wildman–Crippen LogP) is 3.73. The summed E-state index contributed by atoms with van der Waals surface area (Å²) in [5.41, 5.74) is 0.406. The van der Waals surface area contributed by atoms with Gasteiger partial charge in [-0.3, -0.25) is 9.52 Å². The molecule has 1 amide bonds. The number of aromatic nitrogens is 1. The van der Waals surface area contributed by atoms with Crippen LogP contribution in [0.5, 0.6) is 5.75 Å². The van der Waals surface area contributed by atoms with Crippen LogP contribution in [-0.2, 0) is 19.6 Å². The number of hydrogen-bond acceptors (Lipinski definition) is 7. The molecule has 2 N–H and O–H groups in total. The molecule has 0 unspecified atom stereocenters. The zero-order valence-corrected chi connectivity index (χ0v) is 19.0. The lowest BCUT2D eigenvalue weighted by Crippen LogP contribution is -2.21. The first kappa shape index (κ1) is 24.0. The van der Waals surface area contributed by atoms with E-state index in [1.165, 1.54) is 48.7 Å². The largest absolute Gasteiger partial charge is 0.494 e. The van der Waals surface area contributed by atoms with Crippen molar-refractivity contribution in [3.63, 3.8) is 0 Å². The first-order valence-corrected chi connectivity index (χ1v) is 11.6. The fourth-order valence-corrected chi connectivity index (χ4v) is 3.78. The molecule has 0 aliphatic carbocycles. The molecule has 9 nitrogen and oxygen atoms in total. The third-order valence-electron chi connectivity index (χ3n) is 4.15. The number of amides is 1. The van der Waals surface area contributed by atoms with E-state index in [1.807, 2.05) is 6.92 Å². The smallest absolute Gasteiger partial charge is 0.338 e. The highest BCUT2D eigenvalue weighted by Crippen LogP contribution is 2.20. The number of rotatable bonds is 9. The number of carbonyl (C=O) groups is 2.